The van der Waals surface area contributed by atoms with E-state index in [4.69, 9.17) is 10.5 Å². The number of benzene rings is 1. The summed E-state index contributed by atoms with van der Waals surface area (Å²) in [5.41, 5.74) is 6.54. The topological polar surface area (TPSA) is 167 Å². The van der Waals surface area contributed by atoms with Crippen molar-refractivity contribution < 1.29 is 29.4 Å². The van der Waals surface area contributed by atoms with Gasteiger partial charge in [-0.3, -0.25) is 14.5 Å². The van der Waals surface area contributed by atoms with Crippen molar-refractivity contribution in [2.24, 2.45) is 5.16 Å². The van der Waals surface area contributed by atoms with E-state index in [1.54, 1.807) is 6.07 Å². The number of aryl methyl sites for hydroxylation is 1. The SMILES string of the molecule is Cc1cccc(OCC2=C(C(=O)O)N3C(=O)C(NC(=O)/C(=N\O)c4csc(N)n4)[C@H]3SC2)c1. The number of aromatic nitrogens is 1. The van der Waals surface area contributed by atoms with Gasteiger partial charge in [0, 0.05) is 16.7 Å². The highest BCUT2D eigenvalue weighted by Crippen LogP contribution is 2.40. The number of thioether (sulfide) groups is 1. The van der Waals surface area contributed by atoms with Crippen molar-refractivity contribution in [1.29, 1.82) is 0 Å². The van der Waals surface area contributed by atoms with Gasteiger partial charge in [-0.1, -0.05) is 17.3 Å². The first-order valence-electron chi connectivity index (χ1n) is 9.64. The maximum absolute atomic E-state index is 12.8. The number of hydrogen-bond donors (Lipinski definition) is 4. The second kappa shape index (κ2) is 9.11. The highest BCUT2D eigenvalue weighted by Gasteiger charge is 2.54. The number of carbonyl (C=O) groups excluding carboxylic acids is 2. The number of thiazole rings is 1. The summed E-state index contributed by atoms with van der Waals surface area (Å²) in [6, 6.07) is 6.36. The van der Waals surface area contributed by atoms with Crippen LogP contribution < -0.4 is 15.8 Å². The number of nitrogen functional groups attached to an aromatic ring is 1. The zero-order chi connectivity index (χ0) is 23.7. The number of anilines is 1. The molecule has 0 aliphatic carbocycles. The van der Waals surface area contributed by atoms with Crippen LogP contribution in [0.4, 0.5) is 5.13 Å². The first kappa shape index (κ1) is 22.6. The number of nitrogens with two attached hydrogens (primary N) is 1. The number of oxime groups is 1. The number of carbonyl (C=O) groups is 3. The maximum atomic E-state index is 12.8. The van der Waals surface area contributed by atoms with Crippen LogP contribution in [0.3, 0.4) is 0 Å². The number of carboxylic acids is 1. The minimum Gasteiger partial charge on any atom is -0.489 e. The van der Waals surface area contributed by atoms with Gasteiger partial charge >= 0.3 is 5.97 Å². The van der Waals surface area contributed by atoms with Crippen molar-refractivity contribution in [3.63, 3.8) is 0 Å². The average molecular weight is 490 g/mol. The lowest BCUT2D eigenvalue weighted by Gasteiger charge is -2.49. The maximum Gasteiger partial charge on any atom is 0.352 e. The van der Waals surface area contributed by atoms with Crippen LogP contribution in [0, 0.1) is 6.92 Å². The Morgan fingerprint density at radius 3 is 2.85 bits per heavy atom. The molecule has 2 aliphatic heterocycles. The summed E-state index contributed by atoms with van der Waals surface area (Å²) in [5.74, 6) is -1.76. The van der Waals surface area contributed by atoms with E-state index in [9.17, 15) is 24.7 Å². The Morgan fingerprint density at radius 2 is 2.21 bits per heavy atom. The number of nitrogens with zero attached hydrogens (tertiary/aromatic N) is 3. The zero-order valence-electron chi connectivity index (χ0n) is 17.2. The van der Waals surface area contributed by atoms with E-state index in [0.29, 0.717) is 17.1 Å². The van der Waals surface area contributed by atoms with E-state index in [2.05, 4.69) is 15.5 Å². The largest absolute Gasteiger partial charge is 0.489 e. The molecule has 33 heavy (non-hydrogen) atoms. The van der Waals surface area contributed by atoms with Crippen LogP contribution in [-0.4, -0.2) is 67.5 Å². The Bertz CT molecular complexity index is 1190. The van der Waals surface area contributed by atoms with Gasteiger partial charge in [0.2, 0.25) is 0 Å². The molecular formula is C20H19N5O6S2. The van der Waals surface area contributed by atoms with Gasteiger partial charge in [0.1, 0.15) is 35.2 Å². The Hall–Kier alpha value is -3.58. The van der Waals surface area contributed by atoms with Crippen LogP contribution in [-0.2, 0) is 14.4 Å². The zero-order valence-corrected chi connectivity index (χ0v) is 18.9. The second-order valence-corrected chi connectivity index (χ2v) is 9.24. The molecule has 4 rings (SSSR count). The fraction of sp³-hybridized carbons (Fsp3) is 0.250. The molecule has 2 amide bonds. The Kier molecular flexibility index (Phi) is 6.24. The van der Waals surface area contributed by atoms with Gasteiger partial charge in [-0.05, 0) is 24.6 Å². The van der Waals surface area contributed by atoms with Crippen molar-refractivity contribution in [2.75, 3.05) is 18.1 Å². The Morgan fingerprint density at radius 1 is 1.42 bits per heavy atom. The van der Waals surface area contributed by atoms with Crippen LogP contribution >= 0.6 is 23.1 Å². The average Bonchev–Trinajstić information content (AvgIpc) is 3.21. The van der Waals surface area contributed by atoms with E-state index in [1.165, 1.54) is 17.1 Å². The molecule has 0 saturated carbocycles. The quantitative estimate of drug-likeness (QED) is 0.192. The van der Waals surface area contributed by atoms with Crippen LogP contribution in [0.15, 0.2) is 46.1 Å². The summed E-state index contributed by atoms with van der Waals surface area (Å²) in [4.78, 5) is 42.4. The summed E-state index contributed by atoms with van der Waals surface area (Å²) < 4.78 is 5.74. The number of aliphatic carboxylic acids is 1. The van der Waals surface area contributed by atoms with Crippen LogP contribution in [0.2, 0.25) is 0 Å². The van der Waals surface area contributed by atoms with Gasteiger partial charge in [0.05, 0.1) is 0 Å². The lowest BCUT2D eigenvalue weighted by Crippen LogP contribution is -2.71. The van der Waals surface area contributed by atoms with Crippen LogP contribution in [0.25, 0.3) is 0 Å². The second-order valence-electron chi connectivity index (χ2n) is 7.24. The molecule has 1 aromatic carbocycles. The molecule has 0 spiro atoms. The number of nitrogens with one attached hydrogen (secondary N) is 1. The predicted octanol–water partition coefficient (Wildman–Crippen LogP) is 1.03. The number of β-lactam (4-membered cyclic amide) rings is 1. The van der Waals surface area contributed by atoms with Crippen LogP contribution in [0.1, 0.15) is 11.3 Å². The summed E-state index contributed by atoms with van der Waals surface area (Å²) in [6.45, 7) is 1.93. The van der Waals surface area contributed by atoms with E-state index in [1.807, 2.05) is 25.1 Å². The van der Waals surface area contributed by atoms with Crippen molar-refractivity contribution >= 4 is 51.7 Å². The van der Waals surface area contributed by atoms with Crippen molar-refractivity contribution in [3.05, 3.63) is 52.2 Å². The fourth-order valence-electron chi connectivity index (χ4n) is 3.49. The molecule has 2 aromatic rings. The van der Waals surface area contributed by atoms with E-state index >= 15 is 0 Å². The number of fused-ring (bicyclic) bond motifs is 1. The number of amides is 2. The van der Waals surface area contributed by atoms with Crippen molar-refractivity contribution in [1.82, 2.24) is 15.2 Å². The predicted molar refractivity (Wildman–Crippen MR) is 121 cm³/mol. The van der Waals surface area contributed by atoms with E-state index in [0.717, 1.165) is 21.8 Å². The van der Waals surface area contributed by atoms with E-state index in [-0.39, 0.29) is 23.1 Å². The Labute approximate surface area is 195 Å². The first-order chi connectivity index (χ1) is 15.8. The molecule has 172 valence electrons. The smallest absolute Gasteiger partial charge is 0.352 e. The van der Waals surface area contributed by atoms with Gasteiger partial charge in [0.15, 0.2) is 10.8 Å². The molecule has 3 heterocycles. The van der Waals surface area contributed by atoms with E-state index < -0.39 is 34.9 Å². The number of rotatable bonds is 7. The molecule has 1 saturated heterocycles. The molecule has 0 radical (unpaired) electrons. The summed E-state index contributed by atoms with van der Waals surface area (Å²) in [7, 11) is 0. The summed E-state index contributed by atoms with van der Waals surface area (Å²) in [5, 5.41) is 25.5. The lowest BCUT2D eigenvalue weighted by molar-refractivity contribution is -0.150. The molecule has 1 unspecified atom stereocenters. The first-order valence-corrected chi connectivity index (χ1v) is 11.6. The molecule has 2 aliphatic rings. The highest BCUT2D eigenvalue weighted by atomic mass is 32.2. The minimum atomic E-state index is -1.25. The van der Waals surface area contributed by atoms with Gasteiger partial charge in [-0.2, -0.15) is 0 Å². The molecule has 2 atom stereocenters. The van der Waals surface area contributed by atoms with Crippen LogP contribution in [0.5, 0.6) is 5.75 Å². The van der Waals surface area contributed by atoms with Gasteiger partial charge in [0.25, 0.3) is 11.8 Å². The lowest BCUT2D eigenvalue weighted by atomic mass is 10.0. The summed E-state index contributed by atoms with van der Waals surface area (Å²) >= 11 is 2.37. The minimum absolute atomic E-state index is 0.0121. The highest BCUT2D eigenvalue weighted by molar-refractivity contribution is 8.00. The monoisotopic (exact) mass is 489 g/mol. The third-order valence-electron chi connectivity index (χ3n) is 5.02. The molecule has 0 bridgehead atoms. The normalized spacial score (nSPS) is 20.2. The Balaban J connectivity index is 1.48. The van der Waals surface area contributed by atoms with Gasteiger partial charge in [-0.25, -0.2) is 9.78 Å². The van der Waals surface area contributed by atoms with Crippen molar-refractivity contribution in [2.45, 2.75) is 18.3 Å². The standard InChI is InChI=1S/C20H19N5O6S2/c1-9-3-2-4-11(5-9)31-6-10-7-32-18-14(17(27)25(18)15(10)19(28)29)23-16(26)13(24-30)12-8-33-20(21)22-12/h2-5,8,14,18,30H,6-7H2,1H3,(H2,21,22)(H,23,26)(H,28,29)/b24-13-/t14?,18-/m1/s1. The number of carboxylic acid groups (broad SMARTS) is 1. The van der Waals surface area contributed by atoms with Gasteiger partial charge in [-0.15, -0.1) is 23.1 Å². The molecule has 1 fully saturated rings. The molecule has 5 N–H and O–H groups in total. The number of hydrogen-bond acceptors (Lipinski definition) is 10. The summed E-state index contributed by atoms with van der Waals surface area (Å²) in [6.07, 6.45) is 0. The third-order valence-corrected chi connectivity index (χ3v) is 7.03. The molecule has 11 nitrogen and oxygen atoms in total. The fourth-order valence-corrected chi connectivity index (χ4v) is 5.36. The van der Waals surface area contributed by atoms with Crippen molar-refractivity contribution in [3.8, 4) is 5.75 Å². The third kappa shape index (κ3) is 4.36. The number of ether oxygens (including phenoxy) is 1. The molecule has 13 heteroatoms. The van der Waals surface area contributed by atoms with Gasteiger partial charge < -0.3 is 26.1 Å². The molecular weight excluding hydrogens is 470 g/mol. The molecule has 1 aromatic heterocycles.